The van der Waals surface area contributed by atoms with Crippen LogP contribution in [-0.4, -0.2) is 11.4 Å². The van der Waals surface area contributed by atoms with E-state index in [1.54, 1.807) is 0 Å². The molecule has 1 N–H and O–H groups in total. The van der Waals surface area contributed by atoms with Crippen molar-refractivity contribution in [1.29, 1.82) is 0 Å². The molecule has 22 heavy (non-hydrogen) atoms. The van der Waals surface area contributed by atoms with Crippen molar-refractivity contribution in [2.75, 3.05) is 0 Å². The minimum Gasteiger partial charge on any atom is -0.488 e. The fourth-order valence-electron chi connectivity index (χ4n) is 2.53. The van der Waals surface area contributed by atoms with E-state index < -0.39 is 0 Å². The highest BCUT2D eigenvalue weighted by Crippen LogP contribution is 2.27. The van der Waals surface area contributed by atoms with Crippen LogP contribution in [0.5, 0.6) is 5.75 Å². The minimum absolute atomic E-state index is 0.0300. The summed E-state index contributed by atoms with van der Waals surface area (Å²) in [5.74, 6) is 0.557. The Kier molecular flexibility index (Phi) is 4.17. The number of aldehydes is 1. The van der Waals surface area contributed by atoms with Gasteiger partial charge in [-0.05, 0) is 28.0 Å². The number of hydrogen-bond acceptors (Lipinski definition) is 3. The summed E-state index contributed by atoms with van der Waals surface area (Å²) >= 11 is 0. The predicted molar refractivity (Wildman–Crippen MR) is 86.0 cm³/mol. The summed E-state index contributed by atoms with van der Waals surface area (Å²) < 4.78 is 5.82. The molecule has 0 bridgehead atoms. The first kappa shape index (κ1) is 14.3. The molecule has 0 radical (unpaired) electrons. The molecular weight excluding hydrogens is 276 g/mol. The SMILES string of the molecule is O=Cc1c(OCc2ccccc2CO)ccc2ccccc12. The zero-order valence-electron chi connectivity index (χ0n) is 12.0. The van der Waals surface area contributed by atoms with Crippen molar-refractivity contribution in [1.82, 2.24) is 0 Å². The van der Waals surface area contributed by atoms with E-state index in [1.807, 2.05) is 60.7 Å². The second-order valence-corrected chi connectivity index (χ2v) is 5.03. The van der Waals surface area contributed by atoms with E-state index in [2.05, 4.69) is 0 Å². The Hall–Kier alpha value is -2.65. The third-order valence-electron chi connectivity index (χ3n) is 3.72. The smallest absolute Gasteiger partial charge is 0.154 e. The quantitative estimate of drug-likeness (QED) is 0.729. The highest BCUT2D eigenvalue weighted by molar-refractivity contribution is 6.00. The van der Waals surface area contributed by atoms with Crippen molar-refractivity contribution in [2.24, 2.45) is 0 Å². The lowest BCUT2D eigenvalue weighted by Gasteiger charge is -2.12. The summed E-state index contributed by atoms with van der Waals surface area (Å²) in [7, 11) is 0. The maximum absolute atomic E-state index is 11.5. The molecule has 110 valence electrons. The van der Waals surface area contributed by atoms with Gasteiger partial charge in [-0.3, -0.25) is 4.79 Å². The maximum atomic E-state index is 11.5. The van der Waals surface area contributed by atoms with Crippen LogP contribution in [0.15, 0.2) is 60.7 Å². The van der Waals surface area contributed by atoms with Crippen LogP contribution in [0.2, 0.25) is 0 Å². The zero-order chi connectivity index (χ0) is 15.4. The molecule has 0 heterocycles. The number of aliphatic hydroxyl groups is 1. The molecule has 0 saturated carbocycles. The van der Waals surface area contributed by atoms with Gasteiger partial charge in [0.2, 0.25) is 0 Å². The number of aliphatic hydroxyl groups excluding tert-OH is 1. The lowest BCUT2D eigenvalue weighted by Crippen LogP contribution is -2.02. The van der Waals surface area contributed by atoms with Gasteiger partial charge in [-0.2, -0.15) is 0 Å². The first-order chi connectivity index (χ1) is 10.8. The number of rotatable bonds is 5. The van der Waals surface area contributed by atoms with Crippen molar-refractivity contribution < 1.29 is 14.6 Å². The van der Waals surface area contributed by atoms with Gasteiger partial charge in [-0.25, -0.2) is 0 Å². The molecular formula is C19H16O3. The molecule has 0 aliphatic rings. The molecule has 0 aliphatic carbocycles. The van der Waals surface area contributed by atoms with E-state index in [9.17, 15) is 9.90 Å². The molecule has 0 amide bonds. The van der Waals surface area contributed by atoms with Gasteiger partial charge in [0.1, 0.15) is 12.4 Å². The fraction of sp³-hybridized carbons (Fsp3) is 0.105. The van der Waals surface area contributed by atoms with Crippen LogP contribution in [0.25, 0.3) is 10.8 Å². The molecule has 0 spiro atoms. The van der Waals surface area contributed by atoms with Gasteiger partial charge in [0, 0.05) is 0 Å². The zero-order valence-corrected chi connectivity index (χ0v) is 12.0. The molecule has 3 heteroatoms. The standard InChI is InChI=1S/C19H16O3/c20-11-15-6-1-2-7-16(15)13-22-19-10-9-14-5-3-4-8-17(14)18(19)12-21/h1-10,12,20H,11,13H2. The monoisotopic (exact) mass is 292 g/mol. The van der Waals surface area contributed by atoms with Gasteiger partial charge in [-0.15, -0.1) is 0 Å². The lowest BCUT2D eigenvalue weighted by molar-refractivity contribution is 0.112. The molecule has 3 aromatic carbocycles. The van der Waals surface area contributed by atoms with Crippen molar-refractivity contribution >= 4 is 17.1 Å². The Morgan fingerprint density at radius 2 is 1.64 bits per heavy atom. The molecule has 0 fully saturated rings. The van der Waals surface area contributed by atoms with Crippen LogP contribution in [0.3, 0.4) is 0 Å². The number of carbonyl (C=O) groups excluding carboxylic acids is 1. The Bertz CT molecular complexity index is 809. The van der Waals surface area contributed by atoms with Gasteiger partial charge in [0.25, 0.3) is 0 Å². The van der Waals surface area contributed by atoms with Crippen LogP contribution >= 0.6 is 0 Å². The van der Waals surface area contributed by atoms with Crippen LogP contribution < -0.4 is 4.74 Å². The first-order valence-corrected chi connectivity index (χ1v) is 7.11. The number of hydrogen-bond donors (Lipinski definition) is 1. The van der Waals surface area contributed by atoms with E-state index in [4.69, 9.17) is 4.74 Å². The average Bonchev–Trinajstić information content (AvgIpc) is 2.59. The van der Waals surface area contributed by atoms with Crippen LogP contribution in [0.4, 0.5) is 0 Å². The number of fused-ring (bicyclic) bond motifs is 1. The van der Waals surface area contributed by atoms with E-state index in [-0.39, 0.29) is 6.61 Å². The van der Waals surface area contributed by atoms with E-state index in [1.165, 1.54) is 0 Å². The van der Waals surface area contributed by atoms with Crippen molar-refractivity contribution in [3.8, 4) is 5.75 Å². The third-order valence-corrected chi connectivity index (χ3v) is 3.72. The van der Waals surface area contributed by atoms with E-state index in [0.29, 0.717) is 17.9 Å². The molecule has 0 atom stereocenters. The summed E-state index contributed by atoms with van der Waals surface area (Å²) in [4.78, 5) is 11.5. The summed E-state index contributed by atoms with van der Waals surface area (Å²) in [6, 6.07) is 19.0. The average molecular weight is 292 g/mol. The lowest BCUT2D eigenvalue weighted by atomic mass is 10.0. The van der Waals surface area contributed by atoms with E-state index in [0.717, 1.165) is 28.2 Å². The van der Waals surface area contributed by atoms with Crippen molar-refractivity contribution in [3.63, 3.8) is 0 Å². The molecule has 3 nitrogen and oxygen atoms in total. The molecule has 3 aromatic rings. The number of ether oxygens (including phenoxy) is 1. The molecule has 0 unspecified atom stereocenters. The summed E-state index contributed by atoms with van der Waals surface area (Å²) in [6.07, 6.45) is 0.829. The van der Waals surface area contributed by atoms with Gasteiger partial charge in [-0.1, -0.05) is 54.6 Å². The Balaban J connectivity index is 1.92. The second-order valence-electron chi connectivity index (χ2n) is 5.03. The van der Waals surface area contributed by atoms with Crippen molar-refractivity contribution in [2.45, 2.75) is 13.2 Å². The number of carbonyl (C=O) groups is 1. The topological polar surface area (TPSA) is 46.5 Å². The summed E-state index contributed by atoms with van der Waals surface area (Å²) in [6.45, 7) is 0.285. The van der Waals surface area contributed by atoms with Gasteiger partial charge in [0.05, 0.1) is 12.2 Å². The third kappa shape index (κ3) is 2.71. The highest BCUT2D eigenvalue weighted by atomic mass is 16.5. The van der Waals surface area contributed by atoms with Crippen molar-refractivity contribution in [3.05, 3.63) is 77.4 Å². The van der Waals surface area contributed by atoms with Crippen LogP contribution in [-0.2, 0) is 13.2 Å². The largest absolute Gasteiger partial charge is 0.488 e. The second kappa shape index (κ2) is 6.41. The molecule has 0 aliphatic heterocycles. The fourth-order valence-corrected chi connectivity index (χ4v) is 2.53. The number of benzene rings is 3. The Morgan fingerprint density at radius 1 is 0.909 bits per heavy atom. The van der Waals surface area contributed by atoms with Crippen LogP contribution in [0, 0.1) is 0 Å². The van der Waals surface area contributed by atoms with Crippen LogP contribution in [0.1, 0.15) is 21.5 Å². The summed E-state index contributed by atoms with van der Waals surface area (Å²) in [5.41, 5.74) is 2.30. The predicted octanol–water partition coefficient (Wildman–Crippen LogP) is 3.72. The summed E-state index contributed by atoms with van der Waals surface area (Å²) in [5, 5.41) is 11.2. The van der Waals surface area contributed by atoms with Gasteiger partial charge < -0.3 is 9.84 Å². The molecule has 0 aromatic heterocycles. The normalized spacial score (nSPS) is 10.6. The molecule has 3 rings (SSSR count). The molecule has 0 saturated heterocycles. The first-order valence-electron chi connectivity index (χ1n) is 7.11. The van der Waals surface area contributed by atoms with E-state index >= 15 is 0 Å². The maximum Gasteiger partial charge on any atom is 0.154 e. The van der Waals surface area contributed by atoms with Gasteiger partial charge in [0.15, 0.2) is 6.29 Å². The highest BCUT2D eigenvalue weighted by Gasteiger charge is 2.09. The Morgan fingerprint density at radius 3 is 2.41 bits per heavy atom. The Labute approximate surface area is 128 Å². The van der Waals surface area contributed by atoms with Gasteiger partial charge >= 0.3 is 0 Å². The minimum atomic E-state index is -0.0300.